The summed E-state index contributed by atoms with van der Waals surface area (Å²) >= 11 is 0. The Hall–Kier alpha value is -1.20. The molecule has 5 nitrogen and oxygen atoms in total. The molecule has 5 heteroatoms. The Morgan fingerprint density at radius 3 is 3.06 bits per heavy atom. The van der Waals surface area contributed by atoms with E-state index in [0.717, 1.165) is 55.7 Å². The SMILES string of the molecule is COc1nc(C2CCOC2)nc2c1CNC2. The van der Waals surface area contributed by atoms with Gasteiger partial charge >= 0.3 is 0 Å². The fourth-order valence-corrected chi connectivity index (χ4v) is 2.25. The molecule has 0 spiro atoms. The van der Waals surface area contributed by atoms with E-state index in [1.165, 1.54) is 0 Å². The van der Waals surface area contributed by atoms with Gasteiger partial charge in [0.15, 0.2) is 0 Å². The lowest BCUT2D eigenvalue weighted by Crippen LogP contribution is -2.08. The third kappa shape index (κ3) is 1.56. The van der Waals surface area contributed by atoms with Gasteiger partial charge in [0.2, 0.25) is 5.88 Å². The lowest BCUT2D eigenvalue weighted by Gasteiger charge is -2.11. The summed E-state index contributed by atoms with van der Waals surface area (Å²) in [4.78, 5) is 9.10. The highest BCUT2D eigenvalue weighted by atomic mass is 16.5. The molecule has 86 valence electrons. The fraction of sp³-hybridized carbons (Fsp3) is 0.636. The van der Waals surface area contributed by atoms with Gasteiger partial charge in [-0.15, -0.1) is 0 Å². The average molecular weight is 221 g/mol. The third-order valence-corrected chi connectivity index (χ3v) is 3.15. The number of hydrogen-bond donors (Lipinski definition) is 1. The van der Waals surface area contributed by atoms with Gasteiger partial charge in [-0.25, -0.2) is 4.98 Å². The first kappa shape index (κ1) is 9.99. The molecule has 1 unspecified atom stereocenters. The predicted octanol–water partition coefficient (Wildman–Crippen LogP) is 0.592. The summed E-state index contributed by atoms with van der Waals surface area (Å²) in [5.74, 6) is 1.92. The first-order valence-electron chi connectivity index (χ1n) is 5.60. The lowest BCUT2D eigenvalue weighted by molar-refractivity contribution is 0.193. The van der Waals surface area contributed by atoms with Crippen molar-refractivity contribution in [2.75, 3.05) is 20.3 Å². The standard InChI is InChI=1S/C11H15N3O2/c1-15-11-8-4-12-5-9(8)13-10(14-11)7-2-3-16-6-7/h7,12H,2-6H2,1H3. The molecule has 1 N–H and O–H groups in total. The van der Waals surface area contributed by atoms with E-state index in [-0.39, 0.29) is 0 Å². The van der Waals surface area contributed by atoms with E-state index >= 15 is 0 Å². The van der Waals surface area contributed by atoms with Crippen LogP contribution < -0.4 is 10.1 Å². The zero-order chi connectivity index (χ0) is 11.0. The van der Waals surface area contributed by atoms with Gasteiger partial charge in [-0.3, -0.25) is 0 Å². The van der Waals surface area contributed by atoms with Crippen LogP contribution in [0.3, 0.4) is 0 Å². The zero-order valence-corrected chi connectivity index (χ0v) is 9.32. The van der Waals surface area contributed by atoms with E-state index in [4.69, 9.17) is 9.47 Å². The van der Waals surface area contributed by atoms with Crippen LogP contribution in [-0.4, -0.2) is 30.3 Å². The molecule has 1 atom stereocenters. The smallest absolute Gasteiger partial charge is 0.221 e. The number of hydrogen-bond acceptors (Lipinski definition) is 5. The van der Waals surface area contributed by atoms with E-state index < -0.39 is 0 Å². The molecule has 16 heavy (non-hydrogen) atoms. The quantitative estimate of drug-likeness (QED) is 0.792. The summed E-state index contributed by atoms with van der Waals surface area (Å²) < 4.78 is 10.7. The van der Waals surface area contributed by atoms with Gasteiger partial charge in [-0.05, 0) is 6.42 Å². The molecule has 3 rings (SSSR count). The number of aromatic nitrogens is 2. The Balaban J connectivity index is 2.00. The van der Waals surface area contributed by atoms with Gasteiger partial charge in [0.05, 0.1) is 25.0 Å². The molecule has 0 saturated carbocycles. The highest BCUT2D eigenvalue weighted by Crippen LogP contribution is 2.28. The largest absolute Gasteiger partial charge is 0.481 e. The molecule has 2 aliphatic rings. The number of nitrogens with one attached hydrogen (secondary N) is 1. The molecule has 0 amide bonds. The summed E-state index contributed by atoms with van der Waals surface area (Å²) in [6.07, 6.45) is 1.01. The second-order valence-electron chi connectivity index (χ2n) is 4.18. The second kappa shape index (κ2) is 3.99. The zero-order valence-electron chi connectivity index (χ0n) is 9.32. The summed E-state index contributed by atoms with van der Waals surface area (Å²) in [6.45, 7) is 3.16. The van der Waals surface area contributed by atoms with Crippen molar-refractivity contribution in [3.05, 3.63) is 17.1 Å². The molecular formula is C11H15N3O2. The third-order valence-electron chi connectivity index (χ3n) is 3.15. The van der Waals surface area contributed by atoms with E-state index in [2.05, 4.69) is 15.3 Å². The topological polar surface area (TPSA) is 56.3 Å². The fourth-order valence-electron chi connectivity index (χ4n) is 2.25. The maximum absolute atomic E-state index is 5.37. The van der Waals surface area contributed by atoms with E-state index in [1.54, 1.807) is 7.11 Å². The van der Waals surface area contributed by atoms with E-state index in [1.807, 2.05) is 0 Å². The molecule has 1 aromatic rings. The van der Waals surface area contributed by atoms with Crippen LogP contribution in [0.2, 0.25) is 0 Å². The van der Waals surface area contributed by atoms with Crippen LogP contribution in [0.1, 0.15) is 29.4 Å². The maximum atomic E-state index is 5.37. The normalized spacial score (nSPS) is 23.4. The van der Waals surface area contributed by atoms with Crippen molar-refractivity contribution >= 4 is 0 Å². The van der Waals surface area contributed by atoms with Crippen LogP contribution >= 0.6 is 0 Å². The Labute approximate surface area is 94.2 Å². The molecule has 2 aliphatic heterocycles. The molecule has 0 aromatic carbocycles. The van der Waals surface area contributed by atoms with Crippen LogP contribution in [0.5, 0.6) is 5.88 Å². The van der Waals surface area contributed by atoms with Gasteiger partial charge < -0.3 is 14.8 Å². The maximum Gasteiger partial charge on any atom is 0.221 e. The molecule has 0 bridgehead atoms. The number of methoxy groups -OCH3 is 1. The first-order chi connectivity index (χ1) is 7.88. The van der Waals surface area contributed by atoms with Gasteiger partial charge in [0.25, 0.3) is 0 Å². The van der Waals surface area contributed by atoms with Crippen molar-refractivity contribution in [2.45, 2.75) is 25.4 Å². The van der Waals surface area contributed by atoms with Crippen molar-refractivity contribution in [1.29, 1.82) is 0 Å². The van der Waals surface area contributed by atoms with Gasteiger partial charge in [0.1, 0.15) is 5.82 Å². The van der Waals surface area contributed by atoms with Crippen LogP contribution in [0, 0.1) is 0 Å². The summed E-state index contributed by atoms with van der Waals surface area (Å²) in [7, 11) is 1.66. The van der Waals surface area contributed by atoms with Crippen LogP contribution in [0.4, 0.5) is 0 Å². The van der Waals surface area contributed by atoms with E-state index in [9.17, 15) is 0 Å². The number of fused-ring (bicyclic) bond motifs is 1. The summed E-state index contributed by atoms with van der Waals surface area (Å²) in [5.41, 5.74) is 2.18. The highest BCUT2D eigenvalue weighted by Gasteiger charge is 2.25. The molecular weight excluding hydrogens is 206 g/mol. The summed E-state index contributed by atoms with van der Waals surface area (Å²) in [5, 5.41) is 3.27. The molecule has 3 heterocycles. The first-order valence-corrected chi connectivity index (χ1v) is 5.60. The number of rotatable bonds is 2. The van der Waals surface area contributed by atoms with Gasteiger partial charge in [-0.2, -0.15) is 4.98 Å². The molecule has 1 aromatic heterocycles. The van der Waals surface area contributed by atoms with Gasteiger partial charge in [-0.1, -0.05) is 0 Å². The van der Waals surface area contributed by atoms with Crippen LogP contribution in [0.25, 0.3) is 0 Å². The minimum Gasteiger partial charge on any atom is -0.481 e. The highest BCUT2D eigenvalue weighted by molar-refractivity contribution is 5.34. The van der Waals surface area contributed by atoms with Gasteiger partial charge in [0, 0.05) is 25.6 Å². The van der Waals surface area contributed by atoms with Crippen molar-refractivity contribution in [3.63, 3.8) is 0 Å². The number of nitrogens with zero attached hydrogens (tertiary/aromatic N) is 2. The van der Waals surface area contributed by atoms with Crippen molar-refractivity contribution in [2.24, 2.45) is 0 Å². The monoisotopic (exact) mass is 221 g/mol. The minimum absolute atomic E-state index is 0.333. The number of ether oxygens (including phenoxy) is 2. The molecule has 1 saturated heterocycles. The van der Waals surface area contributed by atoms with Crippen LogP contribution in [-0.2, 0) is 17.8 Å². The molecule has 0 radical (unpaired) electrons. The van der Waals surface area contributed by atoms with Crippen molar-refractivity contribution in [1.82, 2.24) is 15.3 Å². The van der Waals surface area contributed by atoms with Crippen LogP contribution in [0.15, 0.2) is 0 Å². The molecule has 1 fully saturated rings. The molecule has 0 aliphatic carbocycles. The predicted molar refractivity (Wildman–Crippen MR) is 57.3 cm³/mol. The minimum atomic E-state index is 0.333. The lowest BCUT2D eigenvalue weighted by atomic mass is 10.1. The van der Waals surface area contributed by atoms with Crippen molar-refractivity contribution < 1.29 is 9.47 Å². The van der Waals surface area contributed by atoms with E-state index in [0.29, 0.717) is 5.92 Å². The Kier molecular flexibility index (Phi) is 2.49. The van der Waals surface area contributed by atoms with Crippen molar-refractivity contribution in [3.8, 4) is 5.88 Å². The Morgan fingerprint density at radius 2 is 2.31 bits per heavy atom. The second-order valence-corrected chi connectivity index (χ2v) is 4.18. The Morgan fingerprint density at radius 1 is 1.38 bits per heavy atom. The average Bonchev–Trinajstić information content (AvgIpc) is 2.97. The Bertz CT molecular complexity index is 402. The summed E-state index contributed by atoms with van der Waals surface area (Å²) in [6, 6.07) is 0.